The molecule has 1 fully saturated rings. The molecule has 0 spiro atoms. The molecule has 5 rings (SSSR count). The van der Waals surface area contributed by atoms with Gasteiger partial charge in [-0.1, -0.05) is 18.2 Å². The Hall–Kier alpha value is -3.62. The minimum Gasteiger partial charge on any atom is -0.358 e. The number of nitrogens with zero attached hydrogens (tertiary/aromatic N) is 6. The number of hydrogen-bond acceptors (Lipinski definition) is 5. The molecule has 2 N–H and O–H groups in total. The van der Waals surface area contributed by atoms with E-state index in [1.54, 1.807) is 17.2 Å². The summed E-state index contributed by atoms with van der Waals surface area (Å²) in [6.07, 6.45) is 4.18. The first-order valence-electron chi connectivity index (χ1n) is 10.6. The van der Waals surface area contributed by atoms with Gasteiger partial charge < -0.3 is 20.1 Å². The van der Waals surface area contributed by atoms with Gasteiger partial charge in [-0.3, -0.25) is 4.68 Å². The van der Waals surface area contributed by atoms with Gasteiger partial charge in [0.2, 0.25) is 0 Å². The molecule has 0 atom stereocenters. The van der Waals surface area contributed by atoms with E-state index in [2.05, 4.69) is 49.3 Å². The average Bonchev–Trinajstić information content (AvgIpc) is 3.33. The molecule has 4 aromatic rings. The van der Waals surface area contributed by atoms with Gasteiger partial charge in [-0.2, -0.15) is 5.10 Å². The number of benzene rings is 1. The lowest BCUT2D eigenvalue weighted by Crippen LogP contribution is -2.52. The molecule has 0 radical (unpaired) electrons. The SMILES string of the molecule is Cc1[nH]c2ccccc2c1CCNC(=O)N1CCN(c2ncnc3c2cnn3C)CC1. The predicted molar refractivity (Wildman–Crippen MR) is 120 cm³/mol. The summed E-state index contributed by atoms with van der Waals surface area (Å²) in [5.41, 5.74) is 4.39. The zero-order valence-electron chi connectivity index (χ0n) is 17.8. The molecule has 2 amide bonds. The third-order valence-electron chi connectivity index (χ3n) is 6.05. The fourth-order valence-corrected chi connectivity index (χ4v) is 4.39. The average molecular weight is 419 g/mol. The molecular weight excluding hydrogens is 392 g/mol. The van der Waals surface area contributed by atoms with Crippen LogP contribution in [-0.4, -0.2) is 68.4 Å². The van der Waals surface area contributed by atoms with Crippen molar-refractivity contribution in [3.05, 3.63) is 48.0 Å². The summed E-state index contributed by atoms with van der Waals surface area (Å²) < 4.78 is 1.75. The fourth-order valence-electron chi connectivity index (χ4n) is 4.39. The van der Waals surface area contributed by atoms with E-state index >= 15 is 0 Å². The van der Waals surface area contributed by atoms with Crippen molar-refractivity contribution in [3.8, 4) is 0 Å². The summed E-state index contributed by atoms with van der Waals surface area (Å²) in [4.78, 5) is 28.9. The molecule has 9 heteroatoms. The minimum atomic E-state index is -0.00800. The molecule has 9 nitrogen and oxygen atoms in total. The summed E-state index contributed by atoms with van der Waals surface area (Å²) in [6.45, 7) is 5.48. The van der Waals surface area contributed by atoms with Crippen LogP contribution in [0.1, 0.15) is 11.3 Å². The standard InChI is InChI=1S/C22H26N8O/c1-15-16(17-5-3-4-6-19(17)27-15)7-8-23-22(31)30-11-9-29(10-12-30)21-18-13-26-28(2)20(18)24-14-25-21/h3-6,13-14,27H,7-12H2,1-2H3,(H,23,31). The topological polar surface area (TPSA) is 95.0 Å². The summed E-state index contributed by atoms with van der Waals surface area (Å²) in [7, 11) is 1.87. The van der Waals surface area contributed by atoms with Crippen LogP contribution in [0.25, 0.3) is 21.9 Å². The quantitative estimate of drug-likeness (QED) is 0.530. The Labute approximate surface area is 180 Å². The molecule has 0 unspecified atom stereocenters. The molecule has 1 saturated heterocycles. The van der Waals surface area contributed by atoms with Gasteiger partial charge in [0, 0.05) is 56.4 Å². The molecule has 0 aliphatic carbocycles. The number of piperazine rings is 1. The summed E-state index contributed by atoms with van der Waals surface area (Å²) in [6, 6.07) is 8.28. The second-order valence-corrected chi connectivity index (χ2v) is 7.93. The smallest absolute Gasteiger partial charge is 0.317 e. The monoisotopic (exact) mass is 418 g/mol. The number of aromatic amines is 1. The van der Waals surface area contributed by atoms with Gasteiger partial charge in [0.1, 0.15) is 12.1 Å². The fraction of sp³-hybridized carbons (Fsp3) is 0.364. The van der Waals surface area contributed by atoms with Crippen molar-refractivity contribution in [2.45, 2.75) is 13.3 Å². The van der Waals surface area contributed by atoms with Crippen LogP contribution in [0.4, 0.5) is 10.6 Å². The Morgan fingerprint density at radius 2 is 1.94 bits per heavy atom. The van der Waals surface area contributed by atoms with Crippen LogP contribution in [-0.2, 0) is 13.5 Å². The van der Waals surface area contributed by atoms with Crippen molar-refractivity contribution in [2.75, 3.05) is 37.6 Å². The van der Waals surface area contributed by atoms with E-state index in [1.165, 1.54) is 10.9 Å². The lowest BCUT2D eigenvalue weighted by Gasteiger charge is -2.35. The summed E-state index contributed by atoms with van der Waals surface area (Å²) in [5, 5.41) is 9.54. The minimum absolute atomic E-state index is 0.00800. The van der Waals surface area contributed by atoms with E-state index < -0.39 is 0 Å². The van der Waals surface area contributed by atoms with Crippen LogP contribution in [0.15, 0.2) is 36.8 Å². The zero-order chi connectivity index (χ0) is 21.4. The maximum absolute atomic E-state index is 12.7. The first-order valence-corrected chi connectivity index (χ1v) is 10.6. The van der Waals surface area contributed by atoms with Crippen molar-refractivity contribution < 1.29 is 4.79 Å². The molecule has 3 aromatic heterocycles. The van der Waals surface area contributed by atoms with Crippen molar-refractivity contribution in [3.63, 3.8) is 0 Å². The molecule has 1 aliphatic heterocycles. The third-order valence-corrected chi connectivity index (χ3v) is 6.05. The Morgan fingerprint density at radius 1 is 1.13 bits per heavy atom. The molecule has 0 bridgehead atoms. The highest BCUT2D eigenvalue weighted by Gasteiger charge is 2.23. The van der Waals surface area contributed by atoms with Crippen LogP contribution in [0.5, 0.6) is 0 Å². The number of fused-ring (bicyclic) bond motifs is 2. The van der Waals surface area contributed by atoms with Gasteiger partial charge >= 0.3 is 6.03 Å². The molecule has 0 saturated carbocycles. The van der Waals surface area contributed by atoms with E-state index in [-0.39, 0.29) is 6.03 Å². The number of anilines is 1. The number of para-hydroxylation sites is 1. The molecule has 160 valence electrons. The Balaban J connectivity index is 1.17. The molecular formula is C22H26N8O. The third kappa shape index (κ3) is 3.56. The largest absolute Gasteiger partial charge is 0.358 e. The number of hydrogen-bond donors (Lipinski definition) is 2. The Kier molecular flexibility index (Phi) is 4.93. The zero-order valence-corrected chi connectivity index (χ0v) is 17.8. The van der Waals surface area contributed by atoms with Crippen molar-refractivity contribution in [1.82, 2.24) is 34.9 Å². The highest BCUT2D eigenvalue weighted by atomic mass is 16.2. The van der Waals surface area contributed by atoms with Crippen LogP contribution < -0.4 is 10.2 Å². The van der Waals surface area contributed by atoms with Gasteiger partial charge in [-0.15, -0.1) is 0 Å². The molecule has 31 heavy (non-hydrogen) atoms. The number of carbonyl (C=O) groups is 1. The van der Waals surface area contributed by atoms with Gasteiger partial charge in [0.05, 0.1) is 11.6 Å². The van der Waals surface area contributed by atoms with E-state index in [9.17, 15) is 4.79 Å². The van der Waals surface area contributed by atoms with E-state index in [1.807, 2.05) is 24.1 Å². The highest BCUT2D eigenvalue weighted by molar-refractivity contribution is 5.87. The van der Waals surface area contributed by atoms with Crippen molar-refractivity contribution in [1.29, 1.82) is 0 Å². The summed E-state index contributed by atoms with van der Waals surface area (Å²) in [5.74, 6) is 0.882. The van der Waals surface area contributed by atoms with Gasteiger partial charge in [0.25, 0.3) is 0 Å². The number of H-pyrrole nitrogens is 1. The first-order chi connectivity index (χ1) is 15.1. The molecule has 1 aromatic carbocycles. The van der Waals surface area contributed by atoms with Crippen molar-refractivity contribution >= 4 is 33.8 Å². The highest BCUT2D eigenvalue weighted by Crippen LogP contribution is 2.24. The Bertz CT molecular complexity index is 1240. The second kappa shape index (κ2) is 7.90. The van der Waals surface area contributed by atoms with E-state index in [0.29, 0.717) is 19.6 Å². The first kappa shape index (κ1) is 19.3. The van der Waals surface area contributed by atoms with Gasteiger partial charge in [0.15, 0.2) is 5.65 Å². The number of amides is 2. The van der Waals surface area contributed by atoms with E-state index in [0.717, 1.165) is 47.6 Å². The number of nitrogens with one attached hydrogen (secondary N) is 2. The predicted octanol–water partition coefficient (Wildman–Crippen LogP) is 2.23. The van der Waals surface area contributed by atoms with Crippen molar-refractivity contribution in [2.24, 2.45) is 7.05 Å². The second-order valence-electron chi connectivity index (χ2n) is 7.93. The van der Waals surface area contributed by atoms with Crippen LogP contribution in [0.3, 0.4) is 0 Å². The van der Waals surface area contributed by atoms with Crippen LogP contribution in [0, 0.1) is 6.92 Å². The van der Waals surface area contributed by atoms with E-state index in [4.69, 9.17) is 0 Å². The number of aryl methyl sites for hydroxylation is 2. The lowest BCUT2D eigenvalue weighted by atomic mass is 10.1. The molecule has 4 heterocycles. The lowest BCUT2D eigenvalue weighted by molar-refractivity contribution is 0.194. The number of rotatable bonds is 4. The molecule has 1 aliphatic rings. The summed E-state index contributed by atoms with van der Waals surface area (Å²) >= 11 is 0. The normalized spacial score (nSPS) is 14.5. The Morgan fingerprint density at radius 3 is 2.77 bits per heavy atom. The maximum atomic E-state index is 12.7. The maximum Gasteiger partial charge on any atom is 0.317 e. The van der Waals surface area contributed by atoms with Crippen LogP contribution >= 0.6 is 0 Å². The van der Waals surface area contributed by atoms with Crippen LogP contribution in [0.2, 0.25) is 0 Å². The number of aromatic nitrogens is 5. The van der Waals surface area contributed by atoms with Gasteiger partial charge in [-0.05, 0) is 25.0 Å². The number of carbonyl (C=O) groups excluding carboxylic acids is 1. The number of urea groups is 1. The van der Waals surface area contributed by atoms with Gasteiger partial charge in [-0.25, -0.2) is 14.8 Å².